The molecule has 2 fully saturated rings. The predicted molar refractivity (Wildman–Crippen MR) is 104 cm³/mol. The first-order chi connectivity index (χ1) is 13.1. The Hall–Kier alpha value is -2.11. The van der Waals surface area contributed by atoms with Gasteiger partial charge in [0.05, 0.1) is 5.69 Å². The van der Waals surface area contributed by atoms with Crippen molar-refractivity contribution in [1.29, 1.82) is 0 Å². The highest BCUT2D eigenvalue weighted by Gasteiger charge is 2.23. The van der Waals surface area contributed by atoms with Crippen LogP contribution in [0.25, 0.3) is 0 Å². The van der Waals surface area contributed by atoms with E-state index in [0.717, 1.165) is 25.8 Å². The van der Waals surface area contributed by atoms with Crippen LogP contribution in [-0.4, -0.2) is 36.5 Å². The molecule has 3 amide bonds. The maximum atomic E-state index is 13.6. The minimum atomic E-state index is -0.422. The van der Waals surface area contributed by atoms with Gasteiger partial charge in [0.15, 0.2) is 0 Å². The van der Waals surface area contributed by atoms with E-state index in [2.05, 4.69) is 10.6 Å². The molecule has 1 saturated heterocycles. The molecule has 3 rings (SSSR count). The van der Waals surface area contributed by atoms with Crippen LogP contribution in [0.4, 0.5) is 14.9 Å². The first-order valence-corrected chi connectivity index (χ1v) is 10.2. The van der Waals surface area contributed by atoms with Crippen LogP contribution < -0.4 is 10.6 Å². The highest BCUT2D eigenvalue weighted by molar-refractivity contribution is 5.89. The molecule has 0 bridgehead atoms. The fourth-order valence-corrected chi connectivity index (χ4v) is 4.15. The Morgan fingerprint density at radius 2 is 1.74 bits per heavy atom. The number of halogens is 1. The van der Waals surface area contributed by atoms with Gasteiger partial charge in [0.2, 0.25) is 5.91 Å². The zero-order valence-electron chi connectivity index (χ0n) is 15.9. The van der Waals surface area contributed by atoms with Crippen molar-refractivity contribution in [2.75, 3.05) is 25.0 Å². The number of carbonyl (C=O) groups is 2. The number of anilines is 1. The second-order valence-electron chi connectivity index (χ2n) is 7.83. The van der Waals surface area contributed by atoms with Crippen molar-refractivity contribution in [2.45, 2.75) is 51.4 Å². The van der Waals surface area contributed by atoms with Crippen LogP contribution in [0.5, 0.6) is 0 Å². The molecule has 5 nitrogen and oxygen atoms in total. The fourth-order valence-electron chi connectivity index (χ4n) is 4.15. The first kappa shape index (κ1) is 19.6. The minimum absolute atomic E-state index is 0.184. The normalized spacial score (nSPS) is 18.5. The maximum absolute atomic E-state index is 13.6. The molecule has 1 aliphatic carbocycles. The van der Waals surface area contributed by atoms with Gasteiger partial charge in [-0.2, -0.15) is 0 Å². The lowest BCUT2D eigenvalue weighted by Crippen LogP contribution is -2.41. The van der Waals surface area contributed by atoms with E-state index in [1.165, 1.54) is 31.7 Å². The van der Waals surface area contributed by atoms with E-state index in [1.54, 1.807) is 23.1 Å². The Morgan fingerprint density at radius 1 is 1.04 bits per heavy atom. The lowest BCUT2D eigenvalue weighted by molar-refractivity contribution is -0.122. The molecule has 2 aliphatic rings. The van der Waals surface area contributed by atoms with Gasteiger partial charge in [0, 0.05) is 26.1 Å². The number of benzene rings is 1. The van der Waals surface area contributed by atoms with Gasteiger partial charge in [-0.15, -0.1) is 0 Å². The Bertz CT molecular complexity index is 638. The second kappa shape index (κ2) is 9.72. The van der Waals surface area contributed by atoms with Crippen LogP contribution >= 0.6 is 0 Å². The van der Waals surface area contributed by atoms with Gasteiger partial charge in [0.1, 0.15) is 5.82 Å². The van der Waals surface area contributed by atoms with E-state index >= 15 is 0 Å². The molecule has 6 heteroatoms. The number of rotatable bonds is 6. The molecule has 0 aromatic heterocycles. The number of likely N-dealkylation sites (tertiary alicyclic amines) is 1. The Kier molecular flexibility index (Phi) is 7.07. The molecule has 1 saturated carbocycles. The number of hydrogen-bond acceptors (Lipinski definition) is 2. The minimum Gasteiger partial charge on any atom is -0.356 e. The molecule has 0 unspecified atom stereocenters. The molecular formula is C21H30FN3O2. The van der Waals surface area contributed by atoms with Crippen molar-refractivity contribution >= 4 is 17.6 Å². The highest BCUT2D eigenvalue weighted by Crippen LogP contribution is 2.27. The number of hydrogen-bond donors (Lipinski definition) is 2. The van der Waals surface area contributed by atoms with Gasteiger partial charge in [-0.1, -0.05) is 25.0 Å². The predicted octanol–water partition coefficient (Wildman–Crippen LogP) is 4.16. The van der Waals surface area contributed by atoms with Gasteiger partial charge < -0.3 is 15.5 Å². The second-order valence-corrected chi connectivity index (χ2v) is 7.83. The number of piperidine rings is 1. The van der Waals surface area contributed by atoms with Gasteiger partial charge >= 0.3 is 6.03 Å². The summed E-state index contributed by atoms with van der Waals surface area (Å²) in [5, 5.41) is 5.70. The Labute approximate surface area is 160 Å². The van der Waals surface area contributed by atoms with Crippen molar-refractivity contribution in [3.05, 3.63) is 30.1 Å². The van der Waals surface area contributed by atoms with Crippen molar-refractivity contribution in [2.24, 2.45) is 11.8 Å². The standard InChI is InChI=1S/C21H30FN3O2/c22-18-7-3-4-8-19(18)24-21(27)25-13-10-16(11-14-25)9-12-23-20(26)15-17-5-1-2-6-17/h3-4,7-8,16-17H,1-2,5-6,9-15H2,(H,23,26)(H,24,27). The summed E-state index contributed by atoms with van der Waals surface area (Å²) in [6, 6.07) is 5.95. The van der Waals surface area contributed by atoms with Gasteiger partial charge in [-0.3, -0.25) is 4.79 Å². The summed E-state index contributed by atoms with van der Waals surface area (Å²) in [4.78, 5) is 26.0. The molecule has 0 atom stereocenters. The lowest BCUT2D eigenvalue weighted by atomic mass is 9.93. The summed E-state index contributed by atoms with van der Waals surface area (Å²) < 4.78 is 13.6. The van der Waals surface area contributed by atoms with E-state index in [1.807, 2.05) is 0 Å². The third kappa shape index (κ3) is 5.94. The summed E-state index contributed by atoms with van der Waals surface area (Å²) in [5.41, 5.74) is 0.217. The molecule has 1 aromatic rings. The van der Waals surface area contributed by atoms with Crippen LogP contribution in [0.3, 0.4) is 0 Å². The molecule has 1 aromatic carbocycles. The van der Waals surface area contributed by atoms with Gasteiger partial charge in [-0.25, -0.2) is 9.18 Å². The average molecular weight is 375 g/mol. The Balaban J connectivity index is 1.32. The van der Waals surface area contributed by atoms with Crippen molar-refractivity contribution in [1.82, 2.24) is 10.2 Å². The monoisotopic (exact) mass is 375 g/mol. The van der Waals surface area contributed by atoms with Crippen LogP contribution in [0.15, 0.2) is 24.3 Å². The first-order valence-electron chi connectivity index (χ1n) is 10.2. The number of amides is 3. The van der Waals surface area contributed by atoms with Crippen LogP contribution in [-0.2, 0) is 4.79 Å². The number of nitrogens with zero attached hydrogens (tertiary/aromatic N) is 1. The van der Waals surface area contributed by atoms with E-state index in [0.29, 0.717) is 31.3 Å². The SMILES string of the molecule is O=C(CC1CCCC1)NCCC1CCN(C(=O)Nc2ccccc2F)CC1. The lowest BCUT2D eigenvalue weighted by Gasteiger charge is -2.32. The summed E-state index contributed by atoms with van der Waals surface area (Å²) >= 11 is 0. The molecule has 148 valence electrons. The highest BCUT2D eigenvalue weighted by atomic mass is 19.1. The van der Waals surface area contributed by atoms with E-state index in [9.17, 15) is 14.0 Å². The molecule has 1 aliphatic heterocycles. The number of para-hydroxylation sites is 1. The van der Waals surface area contributed by atoms with Gasteiger partial charge in [0.25, 0.3) is 0 Å². The maximum Gasteiger partial charge on any atom is 0.321 e. The summed E-state index contributed by atoms with van der Waals surface area (Å²) in [6.07, 6.45) is 8.39. The molecule has 27 heavy (non-hydrogen) atoms. The van der Waals surface area contributed by atoms with E-state index in [4.69, 9.17) is 0 Å². The third-order valence-corrected chi connectivity index (χ3v) is 5.84. The topological polar surface area (TPSA) is 61.4 Å². The van der Waals surface area contributed by atoms with Crippen LogP contribution in [0.2, 0.25) is 0 Å². The average Bonchev–Trinajstić information content (AvgIpc) is 3.17. The number of carbonyl (C=O) groups excluding carboxylic acids is 2. The zero-order chi connectivity index (χ0) is 19.1. The summed E-state index contributed by atoms with van der Waals surface area (Å²) in [7, 11) is 0. The number of urea groups is 1. The van der Waals surface area contributed by atoms with Crippen molar-refractivity contribution in [3.8, 4) is 0 Å². The van der Waals surface area contributed by atoms with Crippen LogP contribution in [0, 0.1) is 17.7 Å². The largest absolute Gasteiger partial charge is 0.356 e. The zero-order valence-corrected chi connectivity index (χ0v) is 15.9. The fraction of sp³-hybridized carbons (Fsp3) is 0.619. The third-order valence-electron chi connectivity index (χ3n) is 5.84. The molecule has 1 heterocycles. The van der Waals surface area contributed by atoms with Crippen molar-refractivity contribution in [3.63, 3.8) is 0 Å². The molecule has 0 spiro atoms. The van der Waals surface area contributed by atoms with E-state index < -0.39 is 5.82 Å². The van der Waals surface area contributed by atoms with Crippen molar-refractivity contribution < 1.29 is 14.0 Å². The Morgan fingerprint density at radius 3 is 2.44 bits per heavy atom. The molecular weight excluding hydrogens is 345 g/mol. The molecule has 2 N–H and O–H groups in total. The van der Waals surface area contributed by atoms with Gasteiger partial charge in [-0.05, 0) is 56.1 Å². The number of nitrogens with one attached hydrogen (secondary N) is 2. The quantitative estimate of drug-likeness (QED) is 0.784. The molecule has 0 radical (unpaired) electrons. The van der Waals surface area contributed by atoms with E-state index in [-0.39, 0.29) is 17.6 Å². The van der Waals surface area contributed by atoms with Crippen LogP contribution in [0.1, 0.15) is 51.4 Å². The summed E-state index contributed by atoms with van der Waals surface area (Å²) in [6.45, 7) is 2.06. The summed E-state index contributed by atoms with van der Waals surface area (Å²) in [5.74, 6) is 0.869. The smallest absolute Gasteiger partial charge is 0.321 e.